The van der Waals surface area contributed by atoms with E-state index >= 15 is 0 Å². The molecule has 2 N–H and O–H groups in total. The van der Waals surface area contributed by atoms with E-state index < -0.39 is 16.5 Å². The highest BCUT2D eigenvalue weighted by Crippen LogP contribution is 2.65. The number of hydrogen-bond acceptors (Lipinski definition) is 8. The largest absolute Gasteiger partial charge is 0.507 e. The van der Waals surface area contributed by atoms with Gasteiger partial charge >= 0.3 is 5.63 Å². The molecule has 0 aliphatic heterocycles. The smallest absolute Gasteiger partial charge is 0.343 e. The monoisotopic (exact) mass is 641 g/mol. The zero-order valence-electron chi connectivity index (χ0n) is 27.2. The van der Waals surface area contributed by atoms with Gasteiger partial charge in [0.25, 0.3) is 5.69 Å². The molecule has 0 saturated heterocycles. The molecule has 1 heterocycles. The molecule has 0 spiro atoms. The van der Waals surface area contributed by atoms with Crippen LogP contribution in [0.2, 0.25) is 0 Å². The number of Topliss-reactive ketones (excluding diaryl/α,β-unsaturated/α-hetero) is 1. The fourth-order valence-electron chi connectivity index (χ4n) is 9.49. The number of aliphatic hydroxyl groups excluding tert-OH is 1. The van der Waals surface area contributed by atoms with E-state index in [1.807, 2.05) is 6.08 Å². The van der Waals surface area contributed by atoms with Gasteiger partial charge in [-0.15, -0.1) is 0 Å². The van der Waals surface area contributed by atoms with Crippen molar-refractivity contribution in [3.8, 4) is 5.75 Å². The number of fused-ring (bicyclic) bond motifs is 6. The molecule has 3 saturated carbocycles. The molecular weight excluding hydrogens is 598 g/mol. The predicted molar refractivity (Wildman–Crippen MR) is 177 cm³/mol. The van der Waals surface area contributed by atoms with E-state index in [4.69, 9.17) is 4.42 Å². The van der Waals surface area contributed by atoms with Gasteiger partial charge in [0, 0.05) is 30.9 Å². The molecule has 7 rings (SSSR count). The van der Waals surface area contributed by atoms with Crippen molar-refractivity contribution in [3.63, 3.8) is 0 Å². The van der Waals surface area contributed by atoms with Crippen LogP contribution in [0.1, 0.15) is 95.6 Å². The van der Waals surface area contributed by atoms with Gasteiger partial charge in [0.15, 0.2) is 5.78 Å². The Labute approximate surface area is 273 Å². The Morgan fingerprint density at radius 3 is 2.43 bits per heavy atom. The molecule has 9 nitrogen and oxygen atoms in total. The summed E-state index contributed by atoms with van der Waals surface area (Å²) in [6.45, 7) is 6.14. The molecule has 7 atom stereocenters. The first-order chi connectivity index (χ1) is 22.3. The molecule has 0 bridgehead atoms. The SMILES string of the molecule is CC(=O)CC(c1ccc([N+](=O)[O-])cc1)c1c(O)c2ccccc2oc1=O.C[C@]12CC[C@H]3[C@@H](CCC4=CC(=O)CC[C@@]43C)[C@@H]1CC[C@@H]2O. The second kappa shape index (κ2) is 12.5. The number of ketones is 2. The first-order valence-corrected chi connectivity index (χ1v) is 16.7. The highest BCUT2D eigenvalue weighted by atomic mass is 16.6. The summed E-state index contributed by atoms with van der Waals surface area (Å²) < 4.78 is 5.28. The summed E-state index contributed by atoms with van der Waals surface area (Å²) in [5, 5.41) is 32.3. The lowest BCUT2D eigenvalue weighted by atomic mass is 9.47. The molecule has 3 fully saturated rings. The maximum atomic E-state index is 12.5. The third-order valence-electron chi connectivity index (χ3n) is 12.1. The summed E-state index contributed by atoms with van der Waals surface area (Å²) in [7, 11) is 0. The molecule has 2 aromatic carbocycles. The van der Waals surface area contributed by atoms with Crippen LogP contribution in [-0.4, -0.2) is 32.8 Å². The second-order valence-corrected chi connectivity index (χ2v) is 14.6. The lowest BCUT2D eigenvalue weighted by Crippen LogP contribution is -2.51. The van der Waals surface area contributed by atoms with Crippen molar-refractivity contribution < 1.29 is 29.1 Å². The van der Waals surface area contributed by atoms with Crippen molar-refractivity contribution >= 4 is 28.2 Å². The molecule has 0 amide bonds. The number of rotatable bonds is 5. The first-order valence-electron chi connectivity index (χ1n) is 16.7. The standard InChI is InChI=1S/C19H15NO6.C19H28O2/c1-11(21)10-15(12-6-8-13(9-7-12)20(24)25)17-18(22)14-4-2-3-5-16(14)26-19(17)23;1-18-9-7-13(20)11-12(18)3-4-14-15-5-6-17(21)19(15,2)10-8-16(14)18/h2-9,15,22H,10H2,1H3;11,14-17,21H,3-10H2,1-2H3/t;14-,15-,16-,17-,18-,19-/m.0/s1. The van der Waals surface area contributed by atoms with Gasteiger partial charge in [-0.25, -0.2) is 4.79 Å². The van der Waals surface area contributed by atoms with Crippen LogP contribution in [0.4, 0.5) is 5.69 Å². The van der Waals surface area contributed by atoms with Crippen molar-refractivity contribution in [2.45, 2.75) is 90.6 Å². The van der Waals surface area contributed by atoms with Crippen LogP contribution in [0, 0.1) is 38.7 Å². The van der Waals surface area contributed by atoms with E-state index in [0.29, 0.717) is 22.7 Å². The van der Waals surface area contributed by atoms with Gasteiger partial charge in [-0.1, -0.05) is 43.7 Å². The summed E-state index contributed by atoms with van der Waals surface area (Å²) in [6.07, 6.45) is 10.7. The van der Waals surface area contributed by atoms with Crippen LogP contribution in [0.25, 0.3) is 11.0 Å². The number of nitrogens with zero attached hydrogens (tertiary/aromatic N) is 1. The molecule has 1 unspecified atom stereocenters. The number of aromatic hydroxyl groups is 1. The Balaban J connectivity index is 0.000000168. The summed E-state index contributed by atoms with van der Waals surface area (Å²) in [6, 6.07) is 12.1. The molecule has 4 aliphatic rings. The highest BCUT2D eigenvalue weighted by molar-refractivity contribution is 5.91. The van der Waals surface area contributed by atoms with E-state index in [1.165, 1.54) is 62.4 Å². The summed E-state index contributed by atoms with van der Waals surface area (Å²) >= 11 is 0. The maximum Gasteiger partial charge on any atom is 0.343 e. The minimum absolute atomic E-state index is 0.0345. The summed E-state index contributed by atoms with van der Waals surface area (Å²) in [5.74, 6) is 1.36. The Kier molecular flexibility index (Phi) is 8.72. The van der Waals surface area contributed by atoms with Crippen LogP contribution in [0.15, 0.2) is 69.4 Å². The van der Waals surface area contributed by atoms with Crippen LogP contribution in [0.3, 0.4) is 0 Å². The topological polar surface area (TPSA) is 148 Å². The third kappa shape index (κ3) is 5.83. The molecule has 9 heteroatoms. The van der Waals surface area contributed by atoms with Crippen molar-refractivity contribution in [1.82, 2.24) is 0 Å². The number of hydrogen-bond donors (Lipinski definition) is 2. The van der Waals surface area contributed by atoms with Gasteiger partial charge in [0.1, 0.15) is 17.1 Å². The van der Waals surface area contributed by atoms with Crippen LogP contribution in [0.5, 0.6) is 5.75 Å². The van der Waals surface area contributed by atoms with Gasteiger partial charge < -0.3 is 14.6 Å². The van der Waals surface area contributed by atoms with Gasteiger partial charge in [-0.05, 0) is 104 Å². The molecular formula is C38H43NO8. The van der Waals surface area contributed by atoms with E-state index in [-0.39, 0.29) is 51.7 Å². The fraction of sp³-hybridized carbons (Fsp3) is 0.500. The number of benzene rings is 2. The molecule has 4 aliphatic carbocycles. The molecule has 1 aromatic heterocycles. The van der Waals surface area contributed by atoms with Crippen molar-refractivity contribution in [3.05, 3.63) is 91.8 Å². The summed E-state index contributed by atoms with van der Waals surface area (Å²) in [5.41, 5.74) is 1.74. The Bertz CT molecular complexity index is 1810. The number of aliphatic hydroxyl groups is 1. The van der Waals surface area contributed by atoms with Gasteiger partial charge in [0.05, 0.1) is 22.0 Å². The van der Waals surface area contributed by atoms with E-state index in [1.54, 1.807) is 24.3 Å². The zero-order valence-corrected chi connectivity index (χ0v) is 27.2. The Hall–Kier alpha value is -4.11. The van der Waals surface area contributed by atoms with Gasteiger partial charge in [0.2, 0.25) is 0 Å². The number of carbonyl (C=O) groups excluding carboxylic acids is 2. The first kappa shape index (κ1) is 32.8. The molecule has 0 radical (unpaired) electrons. The predicted octanol–water partition coefficient (Wildman–Crippen LogP) is 7.40. The minimum Gasteiger partial charge on any atom is -0.507 e. The Morgan fingerprint density at radius 2 is 1.72 bits per heavy atom. The third-order valence-corrected chi connectivity index (χ3v) is 12.1. The second-order valence-electron chi connectivity index (χ2n) is 14.6. The molecule has 47 heavy (non-hydrogen) atoms. The molecule has 248 valence electrons. The number of allylic oxidation sites excluding steroid dienone is 1. The lowest BCUT2D eigenvalue weighted by molar-refractivity contribution is -0.384. The van der Waals surface area contributed by atoms with Crippen LogP contribution in [-0.2, 0) is 9.59 Å². The number of nitro groups is 1. The number of para-hydroxylation sites is 1. The zero-order chi connectivity index (χ0) is 33.7. The van der Waals surface area contributed by atoms with Gasteiger partial charge in [-0.3, -0.25) is 19.7 Å². The number of carbonyl (C=O) groups is 2. The van der Waals surface area contributed by atoms with E-state index in [0.717, 1.165) is 37.5 Å². The van der Waals surface area contributed by atoms with Crippen molar-refractivity contribution in [2.24, 2.45) is 28.6 Å². The average Bonchev–Trinajstić information content (AvgIpc) is 3.35. The minimum atomic E-state index is -0.769. The van der Waals surface area contributed by atoms with Crippen molar-refractivity contribution in [2.75, 3.05) is 0 Å². The fourth-order valence-corrected chi connectivity index (χ4v) is 9.49. The Morgan fingerprint density at radius 1 is 1.00 bits per heavy atom. The van der Waals surface area contributed by atoms with Crippen LogP contribution < -0.4 is 5.63 Å². The van der Waals surface area contributed by atoms with E-state index in [2.05, 4.69) is 13.8 Å². The maximum absolute atomic E-state index is 12.5. The number of nitro benzene ring substituents is 1. The van der Waals surface area contributed by atoms with Gasteiger partial charge in [-0.2, -0.15) is 0 Å². The quantitative estimate of drug-likeness (QED) is 0.166. The number of non-ortho nitro benzene ring substituents is 1. The normalized spacial score (nSPS) is 30.2. The average molecular weight is 642 g/mol. The van der Waals surface area contributed by atoms with E-state index in [9.17, 15) is 34.7 Å². The lowest BCUT2D eigenvalue weighted by Gasteiger charge is -2.57. The highest BCUT2D eigenvalue weighted by Gasteiger charge is 2.58. The van der Waals surface area contributed by atoms with Crippen LogP contribution >= 0.6 is 0 Å². The molecule has 3 aromatic rings. The van der Waals surface area contributed by atoms with Crippen molar-refractivity contribution in [1.29, 1.82) is 0 Å². The summed E-state index contributed by atoms with van der Waals surface area (Å²) in [4.78, 5) is 46.3.